The van der Waals surface area contributed by atoms with E-state index in [1.54, 1.807) is 40.4 Å². The molecule has 2 aromatic carbocycles. The zero-order valence-corrected chi connectivity index (χ0v) is 28.2. The van der Waals surface area contributed by atoms with Crippen LogP contribution in [0.25, 0.3) is 22.2 Å². The molecule has 0 radical (unpaired) electrons. The van der Waals surface area contributed by atoms with Crippen molar-refractivity contribution < 1.29 is 27.5 Å². The lowest BCUT2D eigenvalue weighted by molar-refractivity contribution is -0.129. The monoisotopic (exact) mass is 652 g/mol. The first-order valence-corrected chi connectivity index (χ1v) is 17.0. The van der Waals surface area contributed by atoms with E-state index in [-0.39, 0.29) is 30.1 Å². The topological polar surface area (TPSA) is 133 Å². The molecule has 0 unspecified atom stereocenters. The minimum Gasteiger partial charge on any atom is -0.497 e. The van der Waals surface area contributed by atoms with Gasteiger partial charge in [-0.25, -0.2) is 9.52 Å². The number of ether oxygens (including phenoxy) is 1. The normalized spacial score (nSPS) is 16.7. The molecule has 1 fully saturated rings. The standard InChI is InChI=1S/C33H44N6O6S/c1-36(2)29(40)20-38(5)33(42)34-24-16-23-17-25(45-6)13-15-26(23)31-30(21-10-8-7-9-11-21)27-14-12-22(18-28(27)39(31)19-24)32(41)35-46(43,44)37(3)4/h12-15,17-18,21,24H,7-11,16,19-20H2,1-6H3,(H,34,42)(H,35,41)/t24-/m0/s1. The SMILES string of the molecule is COc1ccc2c(c1)C[C@H](NC(=O)N(C)CC(=O)N(C)C)Cn1c-2c(C2CCCCC2)c2ccc(C(=O)NS(=O)(=O)N(C)C)cc21. The van der Waals surface area contributed by atoms with Crippen LogP contribution in [0.5, 0.6) is 5.75 Å². The number of hydrogen-bond acceptors (Lipinski definition) is 6. The molecule has 1 aliphatic heterocycles. The number of nitrogens with one attached hydrogen (secondary N) is 2. The lowest BCUT2D eigenvalue weighted by Gasteiger charge is -2.24. The minimum absolute atomic E-state index is 0.0617. The van der Waals surface area contributed by atoms with Crippen molar-refractivity contribution in [2.45, 2.75) is 57.0 Å². The molecule has 12 nitrogen and oxygen atoms in total. The molecule has 0 saturated heterocycles. The number of hydrogen-bond donors (Lipinski definition) is 2. The van der Waals surface area contributed by atoms with Crippen molar-refractivity contribution in [1.82, 2.24) is 28.7 Å². The van der Waals surface area contributed by atoms with E-state index in [1.807, 2.05) is 18.2 Å². The molecular formula is C33H44N6O6S. The number of aromatic nitrogens is 1. The molecule has 0 bridgehead atoms. The smallest absolute Gasteiger partial charge is 0.317 e. The molecule has 13 heteroatoms. The van der Waals surface area contributed by atoms with Crippen molar-refractivity contribution in [1.29, 1.82) is 0 Å². The molecule has 4 amide bonds. The number of nitrogens with zero attached hydrogens (tertiary/aromatic N) is 4. The largest absolute Gasteiger partial charge is 0.497 e. The lowest BCUT2D eigenvalue weighted by Crippen LogP contribution is -2.48. The number of likely N-dealkylation sites (N-methyl/N-ethyl adjacent to an activating group) is 2. The van der Waals surface area contributed by atoms with Crippen LogP contribution in [0.1, 0.15) is 59.5 Å². The number of fused-ring (bicyclic) bond motifs is 5. The lowest BCUT2D eigenvalue weighted by atomic mass is 9.81. The molecule has 248 valence electrons. The van der Waals surface area contributed by atoms with Crippen molar-refractivity contribution in [3.8, 4) is 17.0 Å². The van der Waals surface area contributed by atoms with Crippen LogP contribution in [0.3, 0.4) is 0 Å². The highest BCUT2D eigenvalue weighted by Gasteiger charge is 2.32. The number of urea groups is 1. The van der Waals surface area contributed by atoms with Gasteiger partial charge in [0.1, 0.15) is 12.3 Å². The average molecular weight is 653 g/mol. The van der Waals surface area contributed by atoms with Crippen LogP contribution in [0, 0.1) is 0 Å². The van der Waals surface area contributed by atoms with E-state index in [0.29, 0.717) is 24.6 Å². The number of rotatable bonds is 8. The highest BCUT2D eigenvalue weighted by molar-refractivity contribution is 7.87. The summed E-state index contributed by atoms with van der Waals surface area (Å²) in [4.78, 5) is 41.7. The van der Waals surface area contributed by atoms with E-state index in [1.165, 1.54) is 35.9 Å². The second kappa shape index (κ2) is 13.3. The van der Waals surface area contributed by atoms with Gasteiger partial charge >= 0.3 is 16.2 Å². The van der Waals surface area contributed by atoms with E-state index in [0.717, 1.165) is 57.7 Å². The fraction of sp³-hybridized carbons (Fsp3) is 0.485. The van der Waals surface area contributed by atoms with E-state index in [2.05, 4.69) is 20.7 Å². The summed E-state index contributed by atoms with van der Waals surface area (Å²) < 4.78 is 35.8. The van der Waals surface area contributed by atoms with E-state index < -0.39 is 16.1 Å². The Hall–Kier alpha value is -4.10. The van der Waals surface area contributed by atoms with Gasteiger partial charge in [0.2, 0.25) is 5.91 Å². The second-order valence-corrected chi connectivity index (χ2v) is 14.6. The minimum atomic E-state index is -3.99. The maximum absolute atomic E-state index is 13.4. The van der Waals surface area contributed by atoms with Crippen molar-refractivity contribution in [2.24, 2.45) is 0 Å². The molecule has 2 aliphatic rings. The van der Waals surface area contributed by atoms with Crippen molar-refractivity contribution in [3.63, 3.8) is 0 Å². The van der Waals surface area contributed by atoms with Crippen LogP contribution in [-0.4, -0.2) is 99.9 Å². The molecular weight excluding hydrogens is 608 g/mol. The van der Waals surface area contributed by atoms with Gasteiger partial charge in [0.05, 0.1) is 18.8 Å². The molecule has 1 saturated carbocycles. The third-order valence-corrected chi connectivity index (χ3v) is 10.5. The predicted octanol–water partition coefficient (Wildman–Crippen LogP) is 3.56. The Morgan fingerprint density at radius 3 is 2.35 bits per heavy atom. The number of amides is 4. The first-order chi connectivity index (χ1) is 21.8. The summed E-state index contributed by atoms with van der Waals surface area (Å²) in [5, 5.41) is 4.16. The van der Waals surface area contributed by atoms with Gasteiger partial charge in [0.15, 0.2) is 0 Å². The van der Waals surface area contributed by atoms with Gasteiger partial charge in [-0.1, -0.05) is 25.3 Å². The van der Waals surface area contributed by atoms with Gasteiger partial charge < -0.3 is 24.4 Å². The van der Waals surface area contributed by atoms with Gasteiger partial charge in [0.25, 0.3) is 5.91 Å². The number of carbonyl (C=O) groups is 3. The summed E-state index contributed by atoms with van der Waals surface area (Å²) in [5.41, 5.74) is 5.33. The van der Waals surface area contributed by atoms with Crippen LogP contribution in [0.2, 0.25) is 0 Å². The zero-order valence-electron chi connectivity index (χ0n) is 27.4. The summed E-state index contributed by atoms with van der Waals surface area (Å²) in [6.45, 7) is 0.339. The van der Waals surface area contributed by atoms with Crippen LogP contribution in [0.15, 0.2) is 36.4 Å². The molecule has 5 rings (SSSR count). The Morgan fingerprint density at radius 1 is 0.978 bits per heavy atom. The summed E-state index contributed by atoms with van der Waals surface area (Å²) in [6, 6.07) is 10.6. The quantitative estimate of drug-likeness (QED) is 0.383. The zero-order chi connectivity index (χ0) is 33.3. The number of benzene rings is 2. The molecule has 0 spiro atoms. The van der Waals surface area contributed by atoms with Crippen LogP contribution in [0.4, 0.5) is 4.79 Å². The van der Waals surface area contributed by atoms with Gasteiger partial charge in [-0.2, -0.15) is 12.7 Å². The van der Waals surface area contributed by atoms with Crippen molar-refractivity contribution in [2.75, 3.05) is 48.9 Å². The second-order valence-electron chi connectivity index (χ2n) is 12.7. The molecule has 1 aromatic heterocycles. The van der Waals surface area contributed by atoms with E-state index >= 15 is 0 Å². The number of methoxy groups -OCH3 is 1. The van der Waals surface area contributed by atoms with E-state index in [9.17, 15) is 22.8 Å². The Bertz CT molecular complexity index is 1760. The maximum Gasteiger partial charge on any atom is 0.317 e. The first-order valence-electron chi connectivity index (χ1n) is 15.6. The Balaban J connectivity index is 1.65. The highest BCUT2D eigenvalue weighted by atomic mass is 32.2. The van der Waals surface area contributed by atoms with Gasteiger partial charge in [-0.3, -0.25) is 9.59 Å². The molecule has 1 atom stereocenters. The third-order valence-electron chi connectivity index (χ3n) is 9.06. The molecule has 46 heavy (non-hydrogen) atoms. The van der Waals surface area contributed by atoms with E-state index in [4.69, 9.17) is 4.74 Å². The van der Waals surface area contributed by atoms with Crippen LogP contribution < -0.4 is 14.8 Å². The van der Waals surface area contributed by atoms with Crippen LogP contribution in [-0.2, 0) is 28.0 Å². The summed E-state index contributed by atoms with van der Waals surface area (Å²) >= 11 is 0. The van der Waals surface area contributed by atoms with Crippen LogP contribution >= 0.6 is 0 Å². The molecule has 2 N–H and O–H groups in total. The van der Waals surface area contributed by atoms with Gasteiger partial charge in [-0.15, -0.1) is 0 Å². The molecule has 1 aliphatic carbocycles. The predicted molar refractivity (Wildman–Crippen MR) is 177 cm³/mol. The summed E-state index contributed by atoms with van der Waals surface area (Å²) in [6.07, 6.45) is 6.07. The molecule has 3 aromatic rings. The fourth-order valence-corrected chi connectivity index (χ4v) is 7.05. The van der Waals surface area contributed by atoms with Gasteiger partial charge in [-0.05, 0) is 66.6 Å². The first kappa shape index (κ1) is 33.3. The maximum atomic E-state index is 13.4. The highest BCUT2D eigenvalue weighted by Crippen LogP contribution is 2.46. The van der Waals surface area contributed by atoms with Gasteiger partial charge in [0, 0.05) is 63.8 Å². The Kier molecular flexibility index (Phi) is 9.64. The Morgan fingerprint density at radius 2 is 1.70 bits per heavy atom. The average Bonchev–Trinajstić information content (AvgIpc) is 3.24. The number of carbonyl (C=O) groups excluding carboxylic acids is 3. The Labute approximate surface area is 270 Å². The summed E-state index contributed by atoms with van der Waals surface area (Å²) in [5.74, 6) is 0.112. The van der Waals surface area contributed by atoms with Crippen molar-refractivity contribution >= 4 is 39.0 Å². The fourth-order valence-electron chi connectivity index (χ4n) is 6.51. The summed E-state index contributed by atoms with van der Waals surface area (Å²) in [7, 11) is 5.24. The molecule has 2 heterocycles. The van der Waals surface area contributed by atoms with Crippen molar-refractivity contribution in [3.05, 3.63) is 53.1 Å². The third kappa shape index (κ3) is 6.70.